The summed E-state index contributed by atoms with van der Waals surface area (Å²) < 4.78 is 10.7. The molecule has 0 radical (unpaired) electrons. The molecule has 2 rings (SSSR count). The van der Waals surface area contributed by atoms with E-state index in [1.165, 1.54) is 0 Å². The van der Waals surface area contributed by atoms with Gasteiger partial charge in [-0.1, -0.05) is 17.9 Å². The summed E-state index contributed by atoms with van der Waals surface area (Å²) in [4.78, 5) is 0. The molecule has 2 aromatic carbocycles. The Morgan fingerprint density at radius 2 is 1.70 bits per heavy atom. The highest BCUT2D eigenvalue weighted by atomic mass is 16.5. The fourth-order valence-corrected chi connectivity index (χ4v) is 1.96. The number of hydrogen-bond donors (Lipinski definition) is 0. The van der Waals surface area contributed by atoms with Crippen molar-refractivity contribution < 1.29 is 9.47 Å². The summed E-state index contributed by atoms with van der Waals surface area (Å²) in [5.41, 5.74) is 0.891. The molecule has 0 atom stereocenters. The van der Waals surface area contributed by atoms with Crippen LogP contribution in [0.3, 0.4) is 0 Å². The third-order valence-electron chi connectivity index (χ3n) is 2.97. The zero-order valence-electron chi connectivity index (χ0n) is 12.7. The van der Waals surface area contributed by atoms with Gasteiger partial charge in [-0.05, 0) is 50.4 Å². The van der Waals surface area contributed by atoms with Gasteiger partial charge in [-0.3, -0.25) is 0 Å². The van der Waals surface area contributed by atoms with Crippen LogP contribution in [-0.2, 0) is 0 Å². The molecule has 0 saturated heterocycles. The minimum Gasteiger partial charge on any atom is -0.497 e. The Morgan fingerprint density at radius 1 is 0.950 bits per heavy atom. The number of rotatable bonds is 2. The van der Waals surface area contributed by atoms with Crippen molar-refractivity contribution in [1.82, 2.24) is 0 Å². The Kier molecular flexibility index (Phi) is 3.90. The van der Waals surface area contributed by atoms with Crippen LogP contribution in [0.5, 0.6) is 11.5 Å². The van der Waals surface area contributed by atoms with E-state index in [0.29, 0.717) is 0 Å². The van der Waals surface area contributed by atoms with Crippen LogP contribution in [0.15, 0.2) is 30.3 Å². The van der Waals surface area contributed by atoms with Gasteiger partial charge in [-0.25, -0.2) is 0 Å². The third-order valence-corrected chi connectivity index (χ3v) is 2.97. The SMILES string of the molecule is COc1ccc2c(C#CC(C)(C)C)c(OC)ccc2c1. The first-order valence-corrected chi connectivity index (χ1v) is 6.62. The first-order chi connectivity index (χ1) is 9.44. The van der Waals surface area contributed by atoms with Gasteiger partial charge in [-0.15, -0.1) is 0 Å². The zero-order chi connectivity index (χ0) is 14.8. The van der Waals surface area contributed by atoms with Gasteiger partial charge in [-0.2, -0.15) is 0 Å². The Morgan fingerprint density at radius 3 is 2.30 bits per heavy atom. The van der Waals surface area contributed by atoms with Gasteiger partial charge in [0, 0.05) is 10.8 Å². The lowest BCUT2D eigenvalue weighted by Crippen LogP contribution is -2.00. The molecule has 0 aliphatic rings. The molecule has 0 unspecified atom stereocenters. The van der Waals surface area contributed by atoms with E-state index >= 15 is 0 Å². The second kappa shape index (κ2) is 5.46. The molecule has 0 spiro atoms. The van der Waals surface area contributed by atoms with Crippen LogP contribution in [0.1, 0.15) is 26.3 Å². The topological polar surface area (TPSA) is 18.5 Å². The summed E-state index contributed by atoms with van der Waals surface area (Å²) in [6.07, 6.45) is 0. The van der Waals surface area contributed by atoms with Gasteiger partial charge < -0.3 is 9.47 Å². The van der Waals surface area contributed by atoms with Gasteiger partial charge in [0.2, 0.25) is 0 Å². The van der Waals surface area contributed by atoms with Crippen LogP contribution < -0.4 is 9.47 Å². The molecule has 2 aromatic rings. The van der Waals surface area contributed by atoms with E-state index in [1.54, 1.807) is 14.2 Å². The van der Waals surface area contributed by atoms with Crippen LogP contribution in [0.25, 0.3) is 10.8 Å². The Bertz CT molecular complexity index is 682. The predicted octanol–water partition coefficient (Wildman–Crippen LogP) is 4.25. The fraction of sp³-hybridized carbons (Fsp3) is 0.333. The lowest BCUT2D eigenvalue weighted by molar-refractivity contribution is 0.413. The summed E-state index contributed by atoms with van der Waals surface area (Å²) in [5.74, 6) is 8.19. The van der Waals surface area contributed by atoms with Crippen LogP contribution in [0, 0.1) is 17.3 Å². The van der Waals surface area contributed by atoms with Crippen molar-refractivity contribution in [3.63, 3.8) is 0 Å². The van der Waals surface area contributed by atoms with Gasteiger partial charge >= 0.3 is 0 Å². The number of ether oxygens (including phenoxy) is 2. The maximum atomic E-state index is 5.44. The largest absolute Gasteiger partial charge is 0.497 e. The molecular weight excluding hydrogens is 248 g/mol. The van der Waals surface area contributed by atoms with E-state index in [-0.39, 0.29) is 5.41 Å². The average molecular weight is 268 g/mol. The van der Waals surface area contributed by atoms with Crippen molar-refractivity contribution in [2.75, 3.05) is 14.2 Å². The highest BCUT2D eigenvalue weighted by Gasteiger charge is 2.09. The maximum Gasteiger partial charge on any atom is 0.135 e. The normalized spacial score (nSPS) is 10.8. The summed E-state index contributed by atoms with van der Waals surface area (Å²) >= 11 is 0. The van der Waals surface area contributed by atoms with Crippen molar-refractivity contribution in [3.8, 4) is 23.3 Å². The van der Waals surface area contributed by atoms with Crippen molar-refractivity contribution >= 4 is 10.8 Å². The standard InChI is InChI=1S/C18H20O2/c1-18(2,3)11-10-16-15-8-7-14(19-4)12-13(15)6-9-17(16)20-5/h6-9,12H,1-5H3. The number of fused-ring (bicyclic) bond motifs is 1. The first kappa shape index (κ1) is 14.3. The molecule has 0 aromatic heterocycles. The van der Waals surface area contributed by atoms with E-state index in [9.17, 15) is 0 Å². The molecule has 104 valence electrons. The summed E-state index contributed by atoms with van der Waals surface area (Å²) in [5, 5.41) is 2.19. The second-order valence-corrected chi connectivity index (χ2v) is 5.73. The Labute approximate surface area is 120 Å². The molecule has 0 heterocycles. The maximum absolute atomic E-state index is 5.44. The zero-order valence-corrected chi connectivity index (χ0v) is 12.7. The summed E-state index contributed by atoms with van der Waals surface area (Å²) in [7, 11) is 3.35. The van der Waals surface area contributed by atoms with Crippen LogP contribution >= 0.6 is 0 Å². The third kappa shape index (κ3) is 3.05. The van der Waals surface area contributed by atoms with Crippen LogP contribution in [0.4, 0.5) is 0 Å². The molecule has 0 aliphatic heterocycles. The van der Waals surface area contributed by atoms with Crippen molar-refractivity contribution in [2.24, 2.45) is 5.41 Å². The quantitative estimate of drug-likeness (QED) is 0.758. The molecular formula is C18H20O2. The van der Waals surface area contributed by atoms with E-state index in [0.717, 1.165) is 27.8 Å². The Hall–Kier alpha value is -2.14. The predicted molar refractivity (Wildman–Crippen MR) is 83.4 cm³/mol. The Balaban J connectivity index is 2.67. The van der Waals surface area contributed by atoms with E-state index in [4.69, 9.17) is 9.47 Å². The molecule has 0 amide bonds. The van der Waals surface area contributed by atoms with Gasteiger partial charge in [0.05, 0.1) is 19.8 Å². The first-order valence-electron chi connectivity index (χ1n) is 6.62. The van der Waals surface area contributed by atoms with E-state index in [1.807, 2.05) is 30.3 Å². The van der Waals surface area contributed by atoms with Gasteiger partial charge in [0.1, 0.15) is 11.5 Å². The minimum atomic E-state index is -0.0420. The van der Waals surface area contributed by atoms with E-state index < -0.39 is 0 Å². The molecule has 2 heteroatoms. The lowest BCUT2D eigenvalue weighted by Gasteiger charge is -2.11. The minimum absolute atomic E-state index is 0.0420. The molecule has 2 nitrogen and oxygen atoms in total. The monoisotopic (exact) mass is 268 g/mol. The lowest BCUT2D eigenvalue weighted by atomic mass is 9.96. The molecule has 0 fully saturated rings. The smallest absolute Gasteiger partial charge is 0.135 e. The van der Waals surface area contributed by atoms with E-state index in [2.05, 4.69) is 32.6 Å². The summed E-state index contributed by atoms with van der Waals surface area (Å²) in [6, 6.07) is 9.97. The molecule has 0 bridgehead atoms. The van der Waals surface area contributed by atoms with Crippen molar-refractivity contribution in [1.29, 1.82) is 0 Å². The number of benzene rings is 2. The molecule has 0 saturated carbocycles. The number of hydrogen-bond acceptors (Lipinski definition) is 2. The molecule has 0 aliphatic carbocycles. The van der Waals surface area contributed by atoms with Crippen molar-refractivity contribution in [2.45, 2.75) is 20.8 Å². The highest BCUT2D eigenvalue weighted by Crippen LogP contribution is 2.30. The molecule has 0 N–H and O–H groups in total. The van der Waals surface area contributed by atoms with Crippen molar-refractivity contribution in [3.05, 3.63) is 35.9 Å². The average Bonchev–Trinajstić information content (AvgIpc) is 2.42. The second-order valence-electron chi connectivity index (χ2n) is 5.73. The number of methoxy groups -OCH3 is 2. The van der Waals surface area contributed by atoms with Crippen LogP contribution in [0.2, 0.25) is 0 Å². The summed E-state index contributed by atoms with van der Waals surface area (Å²) in [6.45, 7) is 6.29. The highest BCUT2D eigenvalue weighted by molar-refractivity contribution is 5.91. The molecule has 20 heavy (non-hydrogen) atoms. The van der Waals surface area contributed by atoms with Gasteiger partial charge in [0.15, 0.2) is 0 Å². The van der Waals surface area contributed by atoms with Gasteiger partial charge in [0.25, 0.3) is 0 Å². The van der Waals surface area contributed by atoms with Crippen LogP contribution in [-0.4, -0.2) is 14.2 Å². The fourth-order valence-electron chi connectivity index (χ4n) is 1.96.